The van der Waals surface area contributed by atoms with Crippen molar-refractivity contribution in [2.75, 3.05) is 0 Å². The Morgan fingerprint density at radius 1 is 0.556 bits per heavy atom. The third-order valence-corrected chi connectivity index (χ3v) is 12.5. The fourth-order valence-corrected chi connectivity index (χ4v) is 8.69. The van der Waals surface area contributed by atoms with Crippen LogP contribution in [0.15, 0.2) is 140 Å². The summed E-state index contributed by atoms with van der Waals surface area (Å²) in [6.07, 6.45) is 1.89. The number of pyridine rings is 1. The molecule has 2 heterocycles. The van der Waals surface area contributed by atoms with Gasteiger partial charge in [-0.1, -0.05) is 168 Å². The molecule has 0 aliphatic heterocycles. The number of phenols is 1. The quantitative estimate of drug-likeness (QED) is 0.158. The Labute approximate surface area is 377 Å². The molecule has 8 aromatic rings. The third-order valence-electron chi connectivity index (χ3n) is 12.5. The summed E-state index contributed by atoms with van der Waals surface area (Å²) in [4.78, 5) is 10.6. The van der Waals surface area contributed by atoms with Gasteiger partial charge in [0.1, 0.15) is 11.6 Å². The minimum Gasteiger partial charge on any atom is -0.507 e. The highest BCUT2D eigenvalue weighted by Crippen LogP contribution is 2.44. The van der Waals surface area contributed by atoms with Crippen LogP contribution in [-0.2, 0) is 10.8 Å². The maximum atomic E-state index is 12.3. The van der Waals surface area contributed by atoms with Crippen LogP contribution in [0.1, 0.15) is 130 Å². The van der Waals surface area contributed by atoms with E-state index in [1.54, 1.807) is 0 Å². The summed E-state index contributed by atoms with van der Waals surface area (Å²) in [5.74, 6) is 0.684. The van der Waals surface area contributed by atoms with Gasteiger partial charge in [-0.15, -0.1) is 0 Å². The highest BCUT2D eigenvalue weighted by molar-refractivity contribution is 5.97. The van der Waals surface area contributed by atoms with Crippen LogP contribution in [0.4, 0.5) is 0 Å². The lowest BCUT2D eigenvalue weighted by Crippen LogP contribution is -2.14. The Morgan fingerprint density at radius 2 is 1.27 bits per heavy atom. The first-order valence-corrected chi connectivity index (χ1v) is 22.5. The van der Waals surface area contributed by atoms with E-state index in [0.29, 0.717) is 5.82 Å². The SMILES string of the molecule is [2H]C(C)(C)c1ccc(-c2ccnc(-c3cc(-c4cccc5c4nc(-c4cc(C(C)C)cc(C(C)C)c4O)n5-c4ccc(-c5ccccc5)c(C(C)(C)C)c4)cc(C(C)(C)C)c3)c2)cc1. The average molecular weight is 831 g/mol. The molecular weight excluding hydrogens is 767 g/mol. The number of fused-ring (bicyclic) bond motifs is 1. The molecule has 6 aromatic carbocycles. The summed E-state index contributed by atoms with van der Waals surface area (Å²) < 4.78 is 10.8. The summed E-state index contributed by atoms with van der Waals surface area (Å²) >= 11 is 0. The summed E-state index contributed by atoms with van der Waals surface area (Å²) in [6, 6.07) is 47.6. The van der Waals surface area contributed by atoms with Crippen LogP contribution in [0, 0.1) is 0 Å². The Balaban J connectivity index is 1.38. The normalized spacial score (nSPS) is 12.7. The van der Waals surface area contributed by atoms with Gasteiger partial charge in [0.05, 0.1) is 22.3 Å². The van der Waals surface area contributed by atoms with E-state index >= 15 is 0 Å². The van der Waals surface area contributed by atoms with Crippen LogP contribution >= 0.6 is 0 Å². The maximum absolute atomic E-state index is 12.3. The van der Waals surface area contributed by atoms with E-state index in [0.717, 1.165) is 66.9 Å². The van der Waals surface area contributed by atoms with Crippen molar-refractivity contribution in [3.8, 4) is 67.5 Å². The van der Waals surface area contributed by atoms with Gasteiger partial charge < -0.3 is 5.11 Å². The summed E-state index contributed by atoms with van der Waals surface area (Å²) in [6.45, 7) is 26.1. The summed E-state index contributed by atoms with van der Waals surface area (Å²) in [5, 5.41) is 12.3. The number of hydrogen-bond acceptors (Lipinski definition) is 3. The van der Waals surface area contributed by atoms with E-state index in [-0.39, 0.29) is 28.4 Å². The van der Waals surface area contributed by atoms with Crippen LogP contribution in [-0.4, -0.2) is 19.6 Å². The number of imidazole rings is 1. The maximum Gasteiger partial charge on any atom is 0.149 e. The van der Waals surface area contributed by atoms with Gasteiger partial charge in [-0.2, -0.15) is 0 Å². The molecule has 8 rings (SSSR count). The van der Waals surface area contributed by atoms with Crippen molar-refractivity contribution in [2.45, 2.75) is 112 Å². The molecule has 0 aliphatic carbocycles. The molecule has 0 radical (unpaired) electrons. The first kappa shape index (κ1) is 42.1. The smallest absolute Gasteiger partial charge is 0.149 e. The summed E-state index contributed by atoms with van der Waals surface area (Å²) in [7, 11) is 0. The van der Waals surface area contributed by atoms with Crippen molar-refractivity contribution < 1.29 is 6.48 Å². The number of aromatic nitrogens is 3. The number of nitrogens with zero attached hydrogens (tertiary/aromatic N) is 3. The Morgan fingerprint density at radius 3 is 1.92 bits per heavy atom. The van der Waals surface area contributed by atoms with Crippen LogP contribution in [0.2, 0.25) is 0 Å². The molecule has 320 valence electrons. The van der Waals surface area contributed by atoms with Gasteiger partial charge in [-0.25, -0.2) is 4.98 Å². The van der Waals surface area contributed by atoms with E-state index in [2.05, 4.69) is 207 Å². The van der Waals surface area contributed by atoms with E-state index in [1.165, 1.54) is 27.8 Å². The number of phenolic OH excluding ortho intramolecular Hbond substituents is 1. The standard InChI is InChI=1S/C59H63N3O/c1-36(2)39-21-23-40(24-22-39)42-27-28-60-53(34-42)45-29-44(30-46(31-45)58(7,8)9)49-19-16-20-54-55(49)61-57(51-33-43(37(3)4)32-50(38(5)6)56(51)63)62(54)47-25-26-48(41-17-14-13-15-18-41)52(35-47)59(10,11)12/h13-38,63H,1-12H3/i36D. The molecule has 4 nitrogen and oxygen atoms in total. The number of hydrogen-bond donors (Lipinski definition) is 1. The van der Waals surface area contributed by atoms with Gasteiger partial charge in [-0.3, -0.25) is 9.55 Å². The first-order chi connectivity index (χ1) is 30.2. The number of para-hydroxylation sites is 1. The molecule has 2 aromatic heterocycles. The van der Waals surface area contributed by atoms with Crippen LogP contribution in [0.5, 0.6) is 5.75 Å². The van der Waals surface area contributed by atoms with Gasteiger partial charge in [0.2, 0.25) is 0 Å². The van der Waals surface area contributed by atoms with Gasteiger partial charge >= 0.3 is 0 Å². The van der Waals surface area contributed by atoms with Crippen LogP contribution in [0.3, 0.4) is 0 Å². The molecule has 0 aliphatic rings. The van der Waals surface area contributed by atoms with Crippen molar-refractivity contribution in [1.82, 2.24) is 14.5 Å². The molecular formula is C59H63N3O. The zero-order valence-corrected chi connectivity index (χ0v) is 39.2. The van der Waals surface area contributed by atoms with Gasteiger partial charge in [-0.05, 0) is 133 Å². The van der Waals surface area contributed by atoms with Crippen molar-refractivity contribution >= 4 is 11.0 Å². The molecule has 0 bridgehead atoms. The summed E-state index contributed by atoms with van der Waals surface area (Å²) in [5.41, 5.74) is 17.2. The zero-order valence-electron chi connectivity index (χ0n) is 40.2. The molecule has 0 atom stereocenters. The lowest BCUT2D eigenvalue weighted by atomic mass is 9.81. The second-order valence-electron chi connectivity index (χ2n) is 20.2. The van der Waals surface area contributed by atoms with Crippen LogP contribution < -0.4 is 0 Å². The highest BCUT2D eigenvalue weighted by atomic mass is 16.3. The zero-order chi connectivity index (χ0) is 45.9. The third kappa shape index (κ3) is 8.61. The molecule has 0 saturated heterocycles. The molecule has 63 heavy (non-hydrogen) atoms. The lowest BCUT2D eigenvalue weighted by Gasteiger charge is -2.25. The monoisotopic (exact) mass is 831 g/mol. The van der Waals surface area contributed by atoms with E-state index < -0.39 is 5.89 Å². The number of aromatic hydroxyl groups is 1. The predicted molar refractivity (Wildman–Crippen MR) is 267 cm³/mol. The molecule has 4 heteroatoms. The molecule has 0 unspecified atom stereocenters. The van der Waals surface area contributed by atoms with Crippen molar-refractivity contribution in [1.29, 1.82) is 0 Å². The highest BCUT2D eigenvalue weighted by Gasteiger charge is 2.27. The van der Waals surface area contributed by atoms with Crippen LogP contribution in [0.25, 0.3) is 72.7 Å². The predicted octanol–water partition coefficient (Wildman–Crippen LogP) is 16.4. The topological polar surface area (TPSA) is 50.9 Å². The fourth-order valence-electron chi connectivity index (χ4n) is 8.69. The lowest BCUT2D eigenvalue weighted by molar-refractivity contribution is 0.466. The van der Waals surface area contributed by atoms with Crippen molar-refractivity contribution in [3.05, 3.63) is 167 Å². The van der Waals surface area contributed by atoms with E-state index in [9.17, 15) is 5.11 Å². The van der Waals surface area contributed by atoms with E-state index in [1.807, 2.05) is 20.0 Å². The second-order valence-corrected chi connectivity index (χ2v) is 20.2. The van der Waals surface area contributed by atoms with Crippen molar-refractivity contribution in [3.63, 3.8) is 0 Å². The Hall–Kier alpha value is -6.26. The van der Waals surface area contributed by atoms with E-state index in [4.69, 9.17) is 11.3 Å². The van der Waals surface area contributed by atoms with Gasteiger partial charge in [0.15, 0.2) is 0 Å². The molecule has 0 spiro atoms. The second kappa shape index (κ2) is 16.8. The minimum absolute atomic E-state index is 0.115. The Bertz CT molecular complexity index is 2990. The minimum atomic E-state index is -0.664. The molecule has 1 N–H and O–H groups in total. The fraction of sp³-hybridized carbons (Fsp3) is 0.288. The van der Waals surface area contributed by atoms with Gasteiger partial charge in [0, 0.05) is 24.4 Å². The Kier molecular flexibility index (Phi) is 11.2. The largest absolute Gasteiger partial charge is 0.507 e. The number of benzene rings is 6. The number of rotatable bonds is 9. The molecule has 0 saturated carbocycles. The molecule has 0 amide bonds. The average Bonchev–Trinajstić information content (AvgIpc) is 3.65. The van der Waals surface area contributed by atoms with Crippen molar-refractivity contribution in [2.24, 2.45) is 0 Å². The molecule has 0 fully saturated rings. The first-order valence-electron chi connectivity index (χ1n) is 23.0. The van der Waals surface area contributed by atoms with Gasteiger partial charge in [0.25, 0.3) is 0 Å².